The molecule has 2 aromatic carbocycles. The fourth-order valence-electron chi connectivity index (χ4n) is 2.93. The summed E-state index contributed by atoms with van der Waals surface area (Å²) in [4.78, 5) is 26.0. The van der Waals surface area contributed by atoms with Crippen LogP contribution in [0.2, 0.25) is 5.02 Å². The first-order chi connectivity index (χ1) is 11.6. The van der Waals surface area contributed by atoms with Crippen LogP contribution in [0.1, 0.15) is 17.5 Å². The normalized spacial score (nSPS) is 13.5. The molecule has 1 aliphatic heterocycles. The Morgan fingerprint density at radius 3 is 2.67 bits per heavy atom. The fraction of sp³-hybridized carbons (Fsp3) is 0.263. The Hall–Kier alpha value is -2.33. The van der Waals surface area contributed by atoms with E-state index in [9.17, 15) is 9.59 Å². The van der Waals surface area contributed by atoms with Crippen LogP contribution in [0, 0.1) is 0 Å². The van der Waals surface area contributed by atoms with Crippen molar-refractivity contribution in [3.8, 4) is 0 Å². The van der Waals surface area contributed by atoms with Gasteiger partial charge in [-0.05, 0) is 29.7 Å². The summed E-state index contributed by atoms with van der Waals surface area (Å²) in [6.07, 6.45) is 1.54. The van der Waals surface area contributed by atoms with Crippen molar-refractivity contribution in [2.75, 3.05) is 18.0 Å². The standard InChI is InChI=1S/C19H19ClN2O2/c20-16-7-3-1-6-15(16)13-18(23)21-11-12-22-17-8-4-2-5-14(17)9-10-19(22)24/h1-8H,9-13H2,(H,21,23). The summed E-state index contributed by atoms with van der Waals surface area (Å²) in [5, 5.41) is 3.46. The van der Waals surface area contributed by atoms with Crippen LogP contribution in [0.4, 0.5) is 5.69 Å². The van der Waals surface area contributed by atoms with E-state index in [0.29, 0.717) is 24.5 Å². The molecule has 0 fully saturated rings. The molecule has 5 heteroatoms. The Morgan fingerprint density at radius 1 is 1.08 bits per heavy atom. The summed E-state index contributed by atoms with van der Waals surface area (Å²) in [5.74, 6) is 0.00916. The molecule has 0 atom stereocenters. The average Bonchev–Trinajstić information content (AvgIpc) is 2.59. The molecule has 124 valence electrons. The molecule has 4 nitrogen and oxygen atoms in total. The van der Waals surface area contributed by atoms with E-state index in [4.69, 9.17) is 11.6 Å². The number of para-hydroxylation sites is 1. The molecule has 1 N–H and O–H groups in total. The highest BCUT2D eigenvalue weighted by atomic mass is 35.5. The maximum atomic E-state index is 12.2. The van der Waals surface area contributed by atoms with Gasteiger partial charge in [-0.3, -0.25) is 9.59 Å². The molecular formula is C19H19ClN2O2. The second kappa shape index (κ2) is 7.49. The van der Waals surface area contributed by atoms with E-state index in [1.165, 1.54) is 5.56 Å². The maximum absolute atomic E-state index is 12.2. The number of carbonyl (C=O) groups is 2. The van der Waals surface area contributed by atoms with Gasteiger partial charge in [-0.2, -0.15) is 0 Å². The van der Waals surface area contributed by atoms with E-state index in [1.54, 1.807) is 11.0 Å². The second-order valence-electron chi connectivity index (χ2n) is 5.79. The van der Waals surface area contributed by atoms with Crippen molar-refractivity contribution in [1.82, 2.24) is 5.32 Å². The van der Waals surface area contributed by atoms with Crippen LogP contribution in [-0.2, 0) is 22.4 Å². The van der Waals surface area contributed by atoms with Gasteiger partial charge in [0.2, 0.25) is 11.8 Å². The molecule has 1 heterocycles. The molecule has 0 saturated carbocycles. The minimum absolute atomic E-state index is 0.0964. The third-order valence-corrected chi connectivity index (χ3v) is 4.53. The maximum Gasteiger partial charge on any atom is 0.227 e. The van der Waals surface area contributed by atoms with Gasteiger partial charge in [-0.25, -0.2) is 0 Å². The van der Waals surface area contributed by atoms with Crippen molar-refractivity contribution < 1.29 is 9.59 Å². The lowest BCUT2D eigenvalue weighted by molar-refractivity contribution is -0.121. The molecule has 1 aliphatic rings. The summed E-state index contributed by atoms with van der Waals surface area (Å²) >= 11 is 6.07. The molecular weight excluding hydrogens is 324 g/mol. The van der Waals surface area contributed by atoms with Crippen molar-refractivity contribution in [2.45, 2.75) is 19.3 Å². The van der Waals surface area contributed by atoms with E-state index >= 15 is 0 Å². The van der Waals surface area contributed by atoms with Gasteiger partial charge in [0, 0.05) is 30.2 Å². The summed E-state index contributed by atoms with van der Waals surface area (Å²) < 4.78 is 0. The van der Waals surface area contributed by atoms with Crippen molar-refractivity contribution >= 4 is 29.1 Å². The highest BCUT2D eigenvalue weighted by molar-refractivity contribution is 6.31. The van der Waals surface area contributed by atoms with Crippen LogP contribution in [-0.4, -0.2) is 24.9 Å². The van der Waals surface area contributed by atoms with Crippen LogP contribution in [0.25, 0.3) is 0 Å². The molecule has 0 unspecified atom stereocenters. The van der Waals surface area contributed by atoms with Crippen LogP contribution >= 0.6 is 11.6 Å². The number of nitrogens with one attached hydrogen (secondary N) is 1. The number of halogens is 1. The number of hydrogen-bond acceptors (Lipinski definition) is 2. The van der Waals surface area contributed by atoms with Gasteiger partial charge in [0.1, 0.15) is 0 Å². The van der Waals surface area contributed by atoms with E-state index in [0.717, 1.165) is 17.7 Å². The summed E-state index contributed by atoms with van der Waals surface area (Å²) in [5.41, 5.74) is 2.93. The molecule has 0 aliphatic carbocycles. The van der Waals surface area contributed by atoms with Crippen molar-refractivity contribution in [3.63, 3.8) is 0 Å². The molecule has 24 heavy (non-hydrogen) atoms. The number of anilines is 1. The highest BCUT2D eigenvalue weighted by Crippen LogP contribution is 2.26. The van der Waals surface area contributed by atoms with Crippen molar-refractivity contribution in [3.05, 3.63) is 64.7 Å². The minimum atomic E-state index is -0.0964. The number of rotatable bonds is 5. The first kappa shape index (κ1) is 16.5. The Kier molecular flexibility index (Phi) is 5.16. The van der Waals surface area contributed by atoms with Gasteiger partial charge in [0.25, 0.3) is 0 Å². The third kappa shape index (κ3) is 3.77. The van der Waals surface area contributed by atoms with Crippen LogP contribution < -0.4 is 10.2 Å². The highest BCUT2D eigenvalue weighted by Gasteiger charge is 2.23. The molecule has 0 bridgehead atoms. The van der Waals surface area contributed by atoms with Crippen molar-refractivity contribution in [2.24, 2.45) is 0 Å². The predicted octanol–water partition coefficient (Wildman–Crippen LogP) is 2.98. The van der Waals surface area contributed by atoms with Gasteiger partial charge < -0.3 is 10.2 Å². The van der Waals surface area contributed by atoms with Gasteiger partial charge in [0.15, 0.2) is 0 Å². The van der Waals surface area contributed by atoms with E-state index < -0.39 is 0 Å². The van der Waals surface area contributed by atoms with Gasteiger partial charge >= 0.3 is 0 Å². The molecule has 2 amide bonds. The summed E-state index contributed by atoms with van der Waals surface area (Å²) in [6.45, 7) is 0.896. The first-order valence-corrected chi connectivity index (χ1v) is 8.41. The zero-order chi connectivity index (χ0) is 16.9. The SMILES string of the molecule is O=C(Cc1ccccc1Cl)NCCN1C(=O)CCc2ccccc21. The average molecular weight is 343 g/mol. The summed E-state index contributed by atoms with van der Waals surface area (Å²) in [6, 6.07) is 15.2. The van der Waals surface area contributed by atoms with Gasteiger partial charge in [-0.15, -0.1) is 0 Å². The molecule has 0 spiro atoms. The van der Waals surface area contributed by atoms with Crippen LogP contribution in [0.5, 0.6) is 0 Å². The van der Waals surface area contributed by atoms with E-state index in [1.807, 2.05) is 42.5 Å². The number of aryl methyl sites for hydroxylation is 1. The quantitative estimate of drug-likeness (QED) is 0.908. The van der Waals surface area contributed by atoms with Crippen LogP contribution in [0.3, 0.4) is 0 Å². The van der Waals surface area contributed by atoms with Gasteiger partial charge in [0.05, 0.1) is 6.42 Å². The zero-order valence-corrected chi connectivity index (χ0v) is 14.1. The topological polar surface area (TPSA) is 49.4 Å². The minimum Gasteiger partial charge on any atom is -0.354 e. The lowest BCUT2D eigenvalue weighted by Gasteiger charge is -2.29. The number of amides is 2. The van der Waals surface area contributed by atoms with Crippen LogP contribution in [0.15, 0.2) is 48.5 Å². The van der Waals surface area contributed by atoms with Gasteiger partial charge in [-0.1, -0.05) is 48.0 Å². The lowest BCUT2D eigenvalue weighted by Crippen LogP contribution is -2.41. The van der Waals surface area contributed by atoms with E-state index in [-0.39, 0.29) is 18.2 Å². The lowest BCUT2D eigenvalue weighted by atomic mass is 10.0. The fourth-order valence-corrected chi connectivity index (χ4v) is 3.13. The van der Waals surface area contributed by atoms with Crippen molar-refractivity contribution in [1.29, 1.82) is 0 Å². The first-order valence-electron chi connectivity index (χ1n) is 8.03. The number of fused-ring (bicyclic) bond motifs is 1. The smallest absolute Gasteiger partial charge is 0.227 e. The molecule has 0 saturated heterocycles. The Balaban J connectivity index is 1.56. The largest absolute Gasteiger partial charge is 0.354 e. The predicted molar refractivity (Wildman–Crippen MR) is 95.3 cm³/mol. The summed E-state index contributed by atoms with van der Waals surface area (Å²) in [7, 11) is 0. The Bertz CT molecular complexity index is 761. The number of nitrogens with zero attached hydrogens (tertiary/aromatic N) is 1. The number of carbonyl (C=O) groups excluding carboxylic acids is 2. The van der Waals surface area contributed by atoms with E-state index in [2.05, 4.69) is 5.32 Å². The molecule has 0 radical (unpaired) electrons. The Morgan fingerprint density at radius 2 is 1.83 bits per heavy atom. The number of benzene rings is 2. The second-order valence-corrected chi connectivity index (χ2v) is 6.20. The number of hydrogen-bond donors (Lipinski definition) is 1. The molecule has 2 aromatic rings. The Labute approximate surface area is 146 Å². The zero-order valence-electron chi connectivity index (χ0n) is 13.3. The monoisotopic (exact) mass is 342 g/mol. The molecule has 0 aromatic heterocycles. The molecule has 3 rings (SSSR count). The third-order valence-electron chi connectivity index (χ3n) is 4.16.